The van der Waals surface area contributed by atoms with Crippen LogP contribution in [0.15, 0.2) is 35.3 Å². The highest BCUT2D eigenvalue weighted by Crippen LogP contribution is 2.31. The number of anilines is 1. The molecule has 0 amide bonds. The fourth-order valence-electron chi connectivity index (χ4n) is 3.23. The Labute approximate surface area is 163 Å². The normalized spacial score (nSPS) is 15.1. The van der Waals surface area contributed by atoms with Gasteiger partial charge in [-0.1, -0.05) is 0 Å². The Balaban J connectivity index is 1.46. The van der Waals surface area contributed by atoms with E-state index < -0.39 is 0 Å². The summed E-state index contributed by atoms with van der Waals surface area (Å²) in [5, 5.41) is 11.9. The third-order valence-corrected chi connectivity index (χ3v) is 5.41. The summed E-state index contributed by atoms with van der Waals surface area (Å²) in [4.78, 5) is 11.8. The Bertz CT molecular complexity index is 857. The zero-order valence-electron chi connectivity index (χ0n) is 15.5. The molecule has 7 nitrogen and oxygen atoms in total. The standard InChI is InChI=1S/C19H24N6OS/c1-24-17(3-6-22-24)18-16(15-4-12-27-14-15)13-21-19(23-18)20-5-2-7-25-8-10-26-11-9-25/h3-4,6,12-14H,2,5,7-11H2,1H3,(H,20,21,23). The van der Waals surface area contributed by atoms with E-state index in [1.807, 2.05) is 24.0 Å². The lowest BCUT2D eigenvalue weighted by Gasteiger charge is -2.26. The van der Waals surface area contributed by atoms with Gasteiger partial charge in [-0.3, -0.25) is 9.58 Å². The molecule has 4 rings (SSSR count). The number of nitrogens with zero attached hydrogens (tertiary/aromatic N) is 5. The molecule has 142 valence electrons. The van der Waals surface area contributed by atoms with Crippen molar-refractivity contribution in [2.24, 2.45) is 7.05 Å². The molecular formula is C19H24N6OS. The van der Waals surface area contributed by atoms with Crippen LogP contribution in [0.5, 0.6) is 0 Å². The van der Waals surface area contributed by atoms with Crippen molar-refractivity contribution in [1.29, 1.82) is 0 Å². The maximum absolute atomic E-state index is 5.39. The van der Waals surface area contributed by atoms with E-state index in [0.29, 0.717) is 5.95 Å². The molecular weight excluding hydrogens is 360 g/mol. The highest BCUT2D eigenvalue weighted by molar-refractivity contribution is 7.08. The third kappa shape index (κ3) is 4.35. The number of nitrogens with one attached hydrogen (secondary N) is 1. The van der Waals surface area contributed by atoms with Gasteiger partial charge in [0.05, 0.1) is 18.9 Å². The van der Waals surface area contributed by atoms with Gasteiger partial charge in [0.2, 0.25) is 5.95 Å². The van der Waals surface area contributed by atoms with Crippen LogP contribution >= 0.6 is 11.3 Å². The van der Waals surface area contributed by atoms with E-state index >= 15 is 0 Å². The minimum absolute atomic E-state index is 0.659. The van der Waals surface area contributed by atoms with E-state index in [1.54, 1.807) is 17.5 Å². The summed E-state index contributed by atoms with van der Waals surface area (Å²) < 4.78 is 7.24. The summed E-state index contributed by atoms with van der Waals surface area (Å²) in [6.07, 6.45) is 4.75. The van der Waals surface area contributed by atoms with Crippen molar-refractivity contribution in [3.8, 4) is 22.5 Å². The Morgan fingerprint density at radius 2 is 2.15 bits per heavy atom. The second kappa shape index (κ2) is 8.60. The predicted molar refractivity (Wildman–Crippen MR) is 108 cm³/mol. The molecule has 1 aliphatic heterocycles. The number of rotatable bonds is 7. The molecule has 1 fully saturated rings. The first-order chi connectivity index (χ1) is 13.3. The third-order valence-electron chi connectivity index (χ3n) is 4.72. The first kappa shape index (κ1) is 18.1. The minimum Gasteiger partial charge on any atom is -0.379 e. The van der Waals surface area contributed by atoms with Gasteiger partial charge >= 0.3 is 0 Å². The molecule has 0 bridgehead atoms. The van der Waals surface area contributed by atoms with Crippen molar-refractivity contribution >= 4 is 17.3 Å². The molecule has 1 saturated heterocycles. The molecule has 0 unspecified atom stereocenters. The van der Waals surface area contributed by atoms with Gasteiger partial charge in [-0.2, -0.15) is 16.4 Å². The number of hydrogen-bond donors (Lipinski definition) is 1. The summed E-state index contributed by atoms with van der Waals surface area (Å²) in [5.41, 5.74) is 4.04. The smallest absolute Gasteiger partial charge is 0.223 e. The highest BCUT2D eigenvalue weighted by Gasteiger charge is 2.15. The van der Waals surface area contributed by atoms with Crippen LogP contribution in [0.2, 0.25) is 0 Å². The first-order valence-corrected chi connectivity index (χ1v) is 10.2. The zero-order chi connectivity index (χ0) is 18.5. The molecule has 3 aromatic heterocycles. The molecule has 0 saturated carbocycles. The van der Waals surface area contributed by atoms with Crippen LogP contribution in [0.25, 0.3) is 22.5 Å². The number of hydrogen-bond acceptors (Lipinski definition) is 7. The molecule has 8 heteroatoms. The van der Waals surface area contributed by atoms with Gasteiger partial charge in [0.1, 0.15) is 5.69 Å². The van der Waals surface area contributed by atoms with E-state index in [2.05, 4.69) is 37.1 Å². The number of morpholine rings is 1. The Hall–Kier alpha value is -2.29. The van der Waals surface area contributed by atoms with Crippen molar-refractivity contribution in [3.63, 3.8) is 0 Å². The molecule has 4 heterocycles. The fraction of sp³-hybridized carbons (Fsp3) is 0.421. The SMILES string of the molecule is Cn1nccc1-c1nc(NCCCN2CCOCC2)ncc1-c1ccsc1. The number of aromatic nitrogens is 4. The first-order valence-electron chi connectivity index (χ1n) is 9.23. The Kier molecular flexibility index (Phi) is 5.76. The summed E-state index contributed by atoms with van der Waals surface area (Å²) in [6, 6.07) is 4.08. The van der Waals surface area contributed by atoms with Crippen molar-refractivity contribution < 1.29 is 4.74 Å². The quantitative estimate of drug-likeness (QED) is 0.632. The second-order valence-electron chi connectivity index (χ2n) is 6.54. The van der Waals surface area contributed by atoms with E-state index in [4.69, 9.17) is 9.72 Å². The number of thiophene rings is 1. The molecule has 0 spiro atoms. The van der Waals surface area contributed by atoms with Crippen LogP contribution in [0.1, 0.15) is 6.42 Å². The fourth-order valence-corrected chi connectivity index (χ4v) is 3.88. The van der Waals surface area contributed by atoms with E-state index in [-0.39, 0.29) is 0 Å². The van der Waals surface area contributed by atoms with Gasteiger partial charge in [0.25, 0.3) is 0 Å². The van der Waals surface area contributed by atoms with Gasteiger partial charge in [-0.05, 0) is 41.4 Å². The van der Waals surface area contributed by atoms with Crippen LogP contribution in [-0.4, -0.2) is 64.0 Å². The van der Waals surface area contributed by atoms with Crippen molar-refractivity contribution in [3.05, 3.63) is 35.3 Å². The molecule has 0 aliphatic carbocycles. The lowest BCUT2D eigenvalue weighted by Crippen LogP contribution is -2.37. The number of ether oxygens (including phenoxy) is 1. The lowest BCUT2D eigenvalue weighted by molar-refractivity contribution is 0.0378. The molecule has 0 aromatic carbocycles. The summed E-state index contributed by atoms with van der Waals surface area (Å²) in [5.74, 6) is 0.659. The topological polar surface area (TPSA) is 68.1 Å². The van der Waals surface area contributed by atoms with Gasteiger partial charge in [0, 0.05) is 44.6 Å². The average Bonchev–Trinajstić information content (AvgIpc) is 3.38. The molecule has 0 radical (unpaired) electrons. The second-order valence-corrected chi connectivity index (χ2v) is 7.32. The summed E-state index contributed by atoms with van der Waals surface area (Å²) >= 11 is 1.67. The summed E-state index contributed by atoms with van der Waals surface area (Å²) in [7, 11) is 1.93. The Morgan fingerprint density at radius 3 is 2.89 bits per heavy atom. The predicted octanol–water partition coefficient (Wildman–Crippen LogP) is 2.74. The van der Waals surface area contributed by atoms with Crippen molar-refractivity contribution in [2.75, 3.05) is 44.7 Å². The van der Waals surface area contributed by atoms with Crippen LogP contribution in [0.4, 0.5) is 5.95 Å². The van der Waals surface area contributed by atoms with Gasteiger partial charge in [-0.25, -0.2) is 9.97 Å². The van der Waals surface area contributed by atoms with Crippen LogP contribution in [0.3, 0.4) is 0 Å². The van der Waals surface area contributed by atoms with Crippen molar-refractivity contribution in [1.82, 2.24) is 24.6 Å². The maximum atomic E-state index is 5.39. The van der Waals surface area contributed by atoms with Gasteiger partial charge in [0.15, 0.2) is 0 Å². The summed E-state index contributed by atoms with van der Waals surface area (Å²) in [6.45, 7) is 5.65. The molecule has 3 aromatic rings. The van der Waals surface area contributed by atoms with Crippen LogP contribution in [-0.2, 0) is 11.8 Å². The number of aryl methyl sites for hydroxylation is 1. The monoisotopic (exact) mass is 384 g/mol. The molecule has 1 aliphatic rings. The molecule has 27 heavy (non-hydrogen) atoms. The minimum atomic E-state index is 0.659. The van der Waals surface area contributed by atoms with Gasteiger partial charge < -0.3 is 10.1 Å². The van der Waals surface area contributed by atoms with E-state index in [0.717, 1.165) is 68.3 Å². The van der Waals surface area contributed by atoms with Crippen molar-refractivity contribution in [2.45, 2.75) is 6.42 Å². The lowest BCUT2D eigenvalue weighted by atomic mass is 10.1. The van der Waals surface area contributed by atoms with E-state index in [1.165, 1.54) is 0 Å². The molecule has 0 atom stereocenters. The largest absolute Gasteiger partial charge is 0.379 e. The van der Waals surface area contributed by atoms with E-state index in [9.17, 15) is 0 Å². The average molecular weight is 385 g/mol. The maximum Gasteiger partial charge on any atom is 0.223 e. The Morgan fingerprint density at radius 1 is 1.26 bits per heavy atom. The van der Waals surface area contributed by atoms with Crippen LogP contribution in [0, 0.1) is 0 Å². The highest BCUT2D eigenvalue weighted by atomic mass is 32.1. The van der Waals surface area contributed by atoms with Gasteiger partial charge in [-0.15, -0.1) is 0 Å². The van der Waals surface area contributed by atoms with Crippen LogP contribution < -0.4 is 5.32 Å². The zero-order valence-corrected chi connectivity index (χ0v) is 16.3. The molecule has 1 N–H and O–H groups in total.